The third kappa shape index (κ3) is 1.52. The van der Waals surface area contributed by atoms with E-state index in [0.29, 0.717) is 0 Å². The van der Waals surface area contributed by atoms with Crippen LogP contribution in [0.3, 0.4) is 0 Å². The Hall–Kier alpha value is -0.000130. The van der Waals surface area contributed by atoms with E-state index < -0.39 is 4.87 Å². The zero-order chi connectivity index (χ0) is 15.8. The molecule has 4 aliphatic rings. The minimum absolute atomic E-state index is 0.0106. The molecule has 22 heavy (non-hydrogen) atoms. The SMILES string of the molecule is B[C@]12CCCN3CCC[C@](S)(C4(S)CC=CC(=O)N4C1)[C@@]32B. The molecule has 4 aliphatic heterocycles. The second kappa shape index (κ2) is 4.54. The minimum atomic E-state index is -0.480. The van der Waals surface area contributed by atoms with Crippen LogP contribution in [-0.2, 0) is 4.79 Å². The van der Waals surface area contributed by atoms with Crippen LogP contribution >= 0.6 is 25.3 Å². The van der Waals surface area contributed by atoms with E-state index in [1.54, 1.807) is 6.08 Å². The summed E-state index contributed by atoms with van der Waals surface area (Å²) in [5.74, 6) is 0.112. The van der Waals surface area contributed by atoms with E-state index in [4.69, 9.17) is 25.3 Å². The highest BCUT2D eigenvalue weighted by Gasteiger charge is 2.73. The van der Waals surface area contributed by atoms with Gasteiger partial charge in [-0.25, -0.2) is 0 Å². The van der Waals surface area contributed by atoms with Crippen LogP contribution in [-0.4, -0.2) is 66.1 Å². The number of carbonyl (C=O) groups excluding carboxylic acids is 1. The number of amides is 1. The van der Waals surface area contributed by atoms with Gasteiger partial charge >= 0.3 is 0 Å². The number of carbonyl (C=O) groups is 1. The summed E-state index contributed by atoms with van der Waals surface area (Å²) in [5, 5.41) is 0.0838. The van der Waals surface area contributed by atoms with Crippen molar-refractivity contribution in [3.05, 3.63) is 12.2 Å². The van der Waals surface area contributed by atoms with Gasteiger partial charge in [0.1, 0.15) is 20.6 Å². The van der Waals surface area contributed by atoms with Crippen LogP contribution in [0.25, 0.3) is 0 Å². The van der Waals surface area contributed by atoms with Crippen molar-refractivity contribution >= 4 is 46.9 Å². The van der Waals surface area contributed by atoms with Crippen molar-refractivity contribution in [2.75, 3.05) is 19.6 Å². The largest absolute Gasteiger partial charge is 0.323 e. The first-order valence-electron chi connectivity index (χ1n) is 8.47. The molecule has 0 aromatic carbocycles. The Labute approximate surface area is 145 Å². The molecule has 3 saturated heterocycles. The van der Waals surface area contributed by atoms with Gasteiger partial charge in [0.2, 0.25) is 5.91 Å². The van der Waals surface area contributed by atoms with Crippen molar-refractivity contribution in [1.82, 2.24) is 9.80 Å². The van der Waals surface area contributed by atoms with Gasteiger partial charge in [0.15, 0.2) is 0 Å². The Morgan fingerprint density at radius 1 is 1.14 bits per heavy atom. The van der Waals surface area contributed by atoms with Gasteiger partial charge in [0.25, 0.3) is 0 Å². The summed E-state index contributed by atoms with van der Waals surface area (Å²) in [6.07, 6.45) is 9.07. The normalized spacial score (nSPS) is 51.4. The first kappa shape index (κ1) is 15.5. The van der Waals surface area contributed by atoms with Crippen LogP contribution in [0.2, 0.25) is 5.31 Å². The number of piperidine rings is 3. The van der Waals surface area contributed by atoms with Gasteiger partial charge in [-0.3, -0.25) is 4.79 Å². The number of hydrogen-bond acceptors (Lipinski definition) is 4. The fourth-order valence-electron chi connectivity index (χ4n) is 5.85. The Bertz CT molecular complexity index is 574. The number of rotatable bonds is 0. The highest BCUT2D eigenvalue weighted by Crippen LogP contribution is 2.66. The van der Waals surface area contributed by atoms with E-state index in [-0.39, 0.29) is 21.4 Å². The van der Waals surface area contributed by atoms with Gasteiger partial charge in [0.05, 0.1) is 4.75 Å². The van der Waals surface area contributed by atoms with Gasteiger partial charge in [-0.1, -0.05) is 12.5 Å². The number of thiol groups is 2. The number of fused-ring (bicyclic) bond motifs is 2. The zero-order valence-electron chi connectivity index (χ0n) is 13.5. The summed E-state index contributed by atoms with van der Waals surface area (Å²) in [6.45, 7) is 3.11. The van der Waals surface area contributed by atoms with E-state index >= 15 is 0 Å². The lowest BCUT2D eigenvalue weighted by Gasteiger charge is -2.75. The predicted octanol–water partition coefficient (Wildman–Crippen LogP) is 0.0940. The fraction of sp³-hybridized carbons (Fsp3) is 0.800. The minimum Gasteiger partial charge on any atom is -0.323 e. The lowest BCUT2D eigenvalue weighted by Crippen LogP contribution is -2.85. The number of nitrogens with zero attached hydrogens (tertiary/aromatic N) is 2. The van der Waals surface area contributed by atoms with E-state index in [2.05, 4.69) is 20.6 Å². The molecule has 4 atom stereocenters. The van der Waals surface area contributed by atoms with E-state index in [0.717, 1.165) is 38.9 Å². The molecule has 118 valence electrons. The highest BCUT2D eigenvalue weighted by molar-refractivity contribution is 7.86. The molecule has 7 heteroatoms. The number of hydrogen-bond donors (Lipinski definition) is 2. The smallest absolute Gasteiger partial charge is 0.247 e. The summed E-state index contributed by atoms with van der Waals surface area (Å²) in [6, 6.07) is 0. The van der Waals surface area contributed by atoms with E-state index in [1.165, 1.54) is 12.8 Å². The Morgan fingerprint density at radius 2 is 1.82 bits per heavy atom. The van der Waals surface area contributed by atoms with Crippen LogP contribution in [0.4, 0.5) is 0 Å². The molecule has 0 radical (unpaired) electrons. The van der Waals surface area contributed by atoms with Gasteiger partial charge in [-0.15, -0.1) is 12.6 Å². The van der Waals surface area contributed by atoms with Crippen LogP contribution in [0, 0.1) is 0 Å². The Morgan fingerprint density at radius 3 is 2.55 bits per heavy atom. The summed E-state index contributed by atoms with van der Waals surface area (Å²) < 4.78 is -0.283. The summed E-state index contributed by atoms with van der Waals surface area (Å²) in [7, 11) is 4.77. The molecule has 1 unspecified atom stereocenters. The molecule has 0 saturated carbocycles. The second-order valence-corrected chi connectivity index (χ2v) is 9.54. The molecule has 0 spiro atoms. The molecule has 0 N–H and O–H groups in total. The summed E-state index contributed by atoms with van der Waals surface area (Å²) >= 11 is 10.5. The maximum atomic E-state index is 12.6. The van der Waals surface area contributed by atoms with Crippen LogP contribution < -0.4 is 0 Å². The van der Waals surface area contributed by atoms with Crippen molar-refractivity contribution in [3.63, 3.8) is 0 Å². The Balaban J connectivity index is 1.94. The molecule has 0 aromatic rings. The maximum Gasteiger partial charge on any atom is 0.247 e. The molecule has 4 heterocycles. The van der Waals surface area contributed by atoms with Gasteiger partial charge in [0, 0.05) is 12.0 Å². The molecule has 4 rings (SSSR count). The fourth-order valence-corrected chi connectivity index (χ4v) is 7.24. The molecular weight excluding hydrogens is 310 g/mol. The summed E-state index contributed by atoms with van der Waals surface area (Å²) in [4.78, 5) is 16.8. The molecule has 0 bridgehead atoms. The van der Waals surface area contributed by atoms with Crippen molar-refractivity contribution in [1.29, 1.82) is 0 Å². The molecule has 0 aliphatic carbocycles. The molecule has 3 fully saturated rings. The van der Waals surface area contributed by atoms with Crippen molar-refractivity contribution in [2.45, 2.75) is 52.5 Å². The Kier molecular flexibility index (Phi) is 3.21. The van der Waals surface area contributed by atoms with Crippen LogP contribution in [0.5, 0.6) is 0 Å². The van der Waals surface area contributed by atoms with Gasteiger partial charge < -0.3 is 9.80 Å². The highest BCUT2D eigenvalue weighted by atomic mass is 32.1. The third-order valence-corrected chi connectivity index (χ3v) is 9.29. The maximum absolute atomic E-state index is 12.6. The standard InChI is InChI=1S/C15H24B2N2OS2/c16-12-5-2-8-18-9-3-6-13(21,15(12,18)17)14(22)7-1-4-11(20)19(14)10-12/h1,4,21-22H,2-3,5-10,16-17H2/t12-,13+,14?,15+/m1/s1. The average molecular weight is 334 g/mol. The van der Waals surface area contributed by atoms with Crippen molar-refractivity contribution in [2.24, 2.45) is 0 Å². The molecule has 0 aromatic heterocycles. The van der Waals surface area contributed by atoms with Crippen LogP contribution in [0.15, 0.2) is 12.2 Å². The topological polar surface area (TPSA) is 23.6 Å². The van der Waals surface area contributed by atoms with E-state index in [1.807, 2.05) is 11.0 Å². The van der Waals surface area contributed by atoms with Crippen LogP contribution in [0.1, 0.15) is 32.1 Å². The first-order chi connectivity index (χ1) is 10.3. The third-order valence-electron chi connectivity index (χ3n) is 7.28. The molecule has 3 nitrogen and oxygen atoms in total. The quantitative estimate of drug-likeness (QED) is 0.485. The molecule has 1 amide bonds. The lowest BCUT2D eigenvalue weighted by atomic mass is 9.37. The van der Waals surface area contributed by atoms with Gasteiger partial charge in [-0.2, -0.15) is 12.6 Å². The predicted molar refractivity (Wildman–Crippen MR) is 101 cm³/mol. The van der Waals surface area contributed by atoms with E-state index in [9.17, 15) is 4.79 Å². The summed E-state index contributed by atoms with van der Waals surface area (Å²) in [5.41, 5.74) is -0.0106. The first-order valence-corrected chi connectivity index (χ1v) is 9.36. The second-order valence-electron chi connectivity index (χ2n) is 8.03. The van der Waals surface area contributed by atoms with Crippen molar-refractivity contribution in [3.8, 4) is 0 Å². The van der Waals surface area contributed by atoms with Gasteiger partial charge in [-0.05, 0) is 50.2 Å². The molecular formula is C15H24B2N2OS2. The van der Waals surface area contributed by atoms with Crippen molar-refractivity contribution < 1.29 is 4.79 Å². The lowest BCUT2D eigenvalue weighted by molar-refractivity contribution is -0.143. The average Bonchev–Trinajstić information content (AvgIpc) is 2.45. The zero-order valence-corrected chi connectivity index (χ0v) is 15.3. The monoisotopic (exact) mass is 334 g/mol.